The molecule has 0 bridgehead atoms. The van der Waals surface area contributed by atoms with Crippen molar-refractivity contribution in [3.8, 4) is 0 Å². The van der Waals surface area contributed by atoms with Gasteiger partial charge in [-0.15, -0.1) is 0 Å². The summed E-state index contributed by atoms with van der Waals surface area (Å²) < 4.78 is 4.98. The summed E-state index contributed by atoms with van der Waals surface area (Å²) in [6.45, 7) is 3.70. The molecule has 0 unspecified atom stereocenters. The zero-order valence-electron chi connectivity index (χ0n) is 15.6. The normalized spacial score (nSPS) is 13.8. The maximum atomic E-state index is 12.8. The number of ether oxygens (including phenoxy) is 1. The van der Waals surface area contributed by atoms with Crippen molar-refractivity contribution in [2.45, 2.75) is 6.92 Å². The van der Waals surface area contributed by atoms with E-state index in [2.05, 4.69) is 10.3 Å². The summed E-state index contributed by atoms with van der Waals surface area (Å²) in [5.41, 5.74) is 1.31. The molecule has 3 rings (SSSR count). The zero-order valence-corrected chi connectivity index (χ0v) is 15.6. The third-order valence-electron chi connectivity index (χ3n) is 4.37. The lowest BCUT2D eigenvalue weighted by Gasteiger charge is -2.34. The Morgan fingerprint density at radius 3 is 2.32 bits per heavy atom. The molecule has 0 radical (unpaired) electrons. The molecule has 1 aromatic carbocycles. The van der Waals surface area contributed by atoms with E-state index in [4.69, 9.17) is 4.74 Å². The molecular weight excluding hydrogens is 360 g/mol. The van der Waals surface area contributed by atoms with Gasteiger partial charge < -0.3 is 19.9 Å². The monoisotopic (exact) mass is 382 g/mol. The SMILES string of the molecule is CCOC(=O)N1CCN(C(=O)c2cncc(C(=O)Nc3ccccc3)c2)CC1. The summed E-state index contributed by atoms with van der Waals surface area (Å²) in [6.07, 6.45) is 2.50. The second-order valence-electron chi connectivity index (χ2n) is 6.26. The average Bonchev–Trinajstić information content (AvgIpc) is 2.74. The average molecular weight is 382 g/mol. The molecule has 2 heterocycles. The fourth-order valence-corrected chi connectivity index (χ4v) is 2.90. The van der Waals surface area contributed by atoms with Gasteiger partial charge in [0, 0.05) is 44.3 Å². The van der Waals surface area contributed by atoms with Crippen molar-refractivity contribution in [1.82, 2.24) is 14.8 Å². The Morgan fingerprint density at radius 2 is 1.64 bits per heavy atom. The van der Waals surface area contributed by atoms with Gasteiger partial charge in [-0.05, 0) is 25.1 Å². The van der Waals surface area contributed by atoms with E-state index in [0.29, 0.717) is 49.6 Å². The van der Waals surface area contributed by atoms with Gasteiger partial charge in [0.15, 0.2) is 0 Å². The van der Waals surface area contributed by atoms with Crippen LogP contribution in [0, 0.1) is 0 Å². The lowest BCUT2D eigenvalue weighted by atomic mass is 10.1. The molecule has 8 nitrogen and oxygen atoms in total. The minimum atomic E-state index is -0.365. The van der Waals surface area contributed by atoms with Crippen molar-refractivity contribution < 1.29 is 19.1 Å². The molecule has 0 atom stereocenters. The third-order valence-corrected chi connectivity index (χ3v) is 4.37. The highest BCUT2D eigenvalue weighted by Crippen LogP contribution is 2.13. The summed E-state index contributed by atoms with van der Waals surface area (Å²) in [6, 6.07) is 10.6. The molecular formula is C20H22N4O4. The maximum absolute atomic E-state index is 12.8. The number of carbonyl (C=O) groups is 3. The minimum absolute atomic E-state index is 0.217. The Kier molecular flexibility index (Phi) is 6.21. The second-order valence-corrected chi connectivity index (χ2v) is 6.26. The minimum Gasteiger partial charge on any atom is -0.450 e. The van der Waals surface area contributed by atoms with Crippen molar-refractivity contribution in [3.63, 3.8) is 0 Å². The molecule has 28 heavy (non-hydrogen) atoms. The highest BCUT2D eigenvalue weighted by molar-refractivity contribution is 6.05. The number of amides is 3. The number of benzene rings is 1. The van der Waals surface area contributed by atoms with Crippen molar-refractivity contribution in [1.29, 1.82) is 0 Å². The van der Waals surface area contributed by atoms with Gasteiger partial charge in [0.2, 0.25) is 0 Å². The predicted octanol–water partition coefficient (Wildman–Crippen LogP) is 2.25. The van der Waals surface area contributed by atoms with E-state index in [0.717, 1.165) is 0 Å². The molecule has 1 saturated heterocycles. The highest BCUT2D eigenvalue weighted by Gasteiger charge is 2.26. The number of carbonyl (C=O) groups excluding carboxylic acids is 3. The Labute approximate surface area is 163 Å². The highest BCUT2D eigenvalue weighted by atomic mass is 16.6. The van der Waals surface area contributed by atoms with E-state index in [-0.39, 0.29) is 17.9 Å². The third kappa shape index (κ3) is 4.64. The van der Waals surface area contributed by atoms with Crippen LogP contribution in [-0.2, 0) is 4.74 Å². The largest absolute Gasteiger partial charge is 0.450 e. The Bertz CT molecular complexity index is 848. The van der Waals surface area contributed by atoms with Crippen LogP contribution in [0.15, 0.2) is 48.8 Å². The molecule has 3 amide bonds. The standard InChI is InChI=1S/C20H22N4O4/c1-2-28-20(27)24-10-8-23(9-11-24)19(26)16-12-15(13-21-14-16)18(25)22-17-6-4-3-5-7-17/h3-7,12-14H,2,8-11H2,1H3,(H,22,25). The van der Waals surface area contributed by atoms with Crippen LogP contribution in [-0.4, -0.2) is 65.5 Å². The molecule has 8 heteroatoms. The fraction of sp³-hybridized carbons (Fsp3) is 0.300. The van der Waals surface area contributed by atoms with Crippen molar-refractivity contribution in [2.24, 2.45) is 0 Å². The van der Waals surface area contributed by atoms with Crippen molar-refractivity contribution in [3.05, 3.63) is 59.9 Å². The molecule has 0 aliphatic carbocycles. The smallest absolute Gasteiger partial charge is 0.409 e. The summed E-state index contributed by atoms with van der Waals surface area (Å²) in [5.74, 6) is -0.550. The molecule has 0 saturated carbocycles. The first-order valence-corrected chi connectivity index (χ1v) is 9.11. The topological polar surface area (TPSA) is 91.8 Å². The molecule has 1 N–H and O–H groups in total. The van der Waals surface area contributed by atoms with E-state index in [1.165, 1.54) is 18.5 Å². The van der Waals surface area contributed by atoms with E-state index < -0.39 is 0 Å². The van der Waals surface area contributed by atoms with Gasteiger partial charge in [0.25, 0.3) is 11.8 Å². The number of anilines is 1. The summed E-state index contributed by atoms with van der Waals surface area (Å²) in [5, 5.41) is 2.77. The van der Waals surface area contributed by atoms with E-state index >= 15 is 0 Å². The van der Waals surface area contributed by atoms with Gasteiger partial charge in [0.1, 0.15) is 0 Å². The number of aromatic nitrogens is 1. The number of hydrogen-bond acceptors (Lipinski definition) is 5. The number of nitrogens with zero attached hydrogens (tertiary/aromatic N) is 3. The first-order chi connectivity index (χ1) is 13.6. The Hall–Kier alpha value is -3.42. The number of piperazine rings is 1. The maximum Gasteiger partial charge on any atom is 0.409 e. The van der Waals surface area contributed by atoms with E-state index in [9.17, 15) is 14.4 Å². The molecule has 1 aliphatic heterocycles. The van der Waals surface area contributed by atoms with Gasteiger partial charge in [-0.1, -0.05) is 18.2 Å². The second kappa shape index (κ2) is 8.98. The first-order valence-electron chi connectivity index (χ1n) is 9.11. The molecule has 146 valence electrons. The summed E-state index contributed by atoms with van der Waals surface area (Å²) in [7, 11) is 0. The van der Waals surface area contributed by atoms with Crippen LogP contribution >= 0.6 is 0 Å². The fourth-order valence-electron chi connectivity index (χ4n) is 2.90. The molecule has 0 spiro atoms. The van der Waals surface area contributed by atoms with Gasteiger partial charge >= 0.3 is 6.09 Å². The lowest BCUT2D eigenvalue weighted by Crippen LogP contribution is -2.50. The van der Waals surface area contributed by atoms with Crippen LogP contribution in [0.25, 0.3) is 0 Å². The quantitative estimate of drug-likeness (QED) is 0.876. The number of para-hydroxylation sites is 1. The van der Waals surface area contributed by atoms with Gasteiger partial charge in [-0.2, -0.15) is 0 Å². The number of nitrogens with one attached hydrogen (secondary N) is 1. The number of pyridine rings is 1. The van der Waals surface area contributed by atoms with Crippen LogP contribution in [0.2, 0.25) is 0 Å². The summed E-state index contributed by atoms with van der Waals surface area (Å²) >= 11 is 0. The van der Waals surface area contributed by atoms with Crippen molar-refractivity contribution >= 4 is 23.6 Å². The van der Waals surface area contributed by atoms with Crippen LogP contribution in [0.1, 0.15) is 27.6 Å². The van der Waals surface area contributed by atoms with Gasteiger partial charge in [-0.3, -0.25) is 14.6 Å². The van der Waals surface area contributed by atoms with E-state index in [1.54, 1.807) is 28.9 Å². The number of hydrogen-bond donors (Lipinski definition) is 1. The van der Waals surface area contributed by atoms with Crippen molar-refractivity contribution in [2.75, 3.05) is 38.1 Å². The first kappa shape index (κ1) is 19.3. The molecule has 1 fully saturated rings. The van der Waals surface area contributed by atoms with Gasteiger partial charge in [-0.25, -0.2) is 4.79 Å². The predicted molar refractivity (Wildman–Crippen MR) is 103 cm³/mol. The van der Waals surface area contributed by atoms with Crippen LogP contribution in [0.5, 0.6) is 0 Å². The zero-order chi connectivity index (χ0) is 19.9. The van der Waals surface area contributed by atoms with Crippen LogP contribution < -0.4 is 5.32 Å². The van der Waals surface area contributed by atoms with Crippen LogP contribution in [0.3, 0.4) is 0 Å². The summed E-state index contributed by atoms with van der Waals surface area (Å²) in [4.78, 5) is 44.2. The molecule has 1 aliphatic rings. The Balaban J connectivity index is 1.63. The molecule has 1 aromatic heterocycles. The lowest BCUT2D eigenvalue weighted by molar-refractivity contribution is 0.0570. The van der Waals surface area contributed by atoms with E-state index in [1.807, 2.05) is 18.2 Å². The molecule has 2 aromatic rings. The van der Waals surface area contributed by atoms with Crippen LogP contribution in [0.4, 0.5) is 10.5 Å². The Morgan fingerprint density at radius 1 is 1.00 bits per heavy atom. The van der Waals surface area contributed by atoms with Gasteiger partial charge in [0.05, 0.1) is 17.7 Å². The number of rotatable bonds is 4.